The van der Waals surface area contributed by atoms with Gasteiger partial charge in [0.05, 0.1) is 19.8 Å². The van der Waals surface area contributed by atoms with Crippen LogP contribution < -0.4 is 4.74 Å². The number of morpholine rings is 1. The lowest BCUT2D eigenvalue weighted by Gasteiger charge is -2.28. The molecule has 0 spiro atoms. The standard InChI is InChI=1S/C20H30N4O3/c1-22(15-20-21-6-7-23(20)2)13-17-4-3-5-19(12-17)27-16-18(25)14-24-8-10-26-11-9-24/h3-7,12,18,25H,8-11,13-16H2,1-2H3. The molecule has 1 aliphatic rings. The molecule has 7 nitrogen and oxygen atoms in total. The summed E-state index contributed by atoms with van der Waals surface area (Å²) in [5.74, 6) is 1.83. The average molecular weight is 374 g/mol. The van der Waals surface area contributed by atoms with Crippen molar-refractivity contribution in [1.82, 2.24) is 19.4 Å². The first-order valence-electron chi connectivity index (χ1n) is 9.45. The van der Waals surface area contributed by atoms with Gasteiger partial charge in [0.25, 0.3) is 0 Å². The van der Waals surface area contributed by atoms with E-state index in [1.165, 1.54) is 5.56 Å². The number of aromatic nitrogens is 2. The van der Waals surface area contributed by atoms with Gasteiger partial charge in [-0.05, 0) is 24.7 Å². The van der Waals surface area contributed by atoms with Gasteiger partial charge in [-0.15, -0.1) is 0 Å². The number of imidazole rings is 1. The van der Waals surface area contributed by atoms with Gasteiger partial charge in [-0.2, -0.15) is 0 Å². The zero-order valence-corrected chi connectivity index (χ0v) is 16.3. The van der Waals surface area contributed by atoms with Crippen molar-refractivity contribution >= 4 is 0 Å². The molecule has 0 bridgehead atoms. The molecule has 0 aliphatic carbocycles. The van der Waals surface area contributed by atoms with E-state index in [4.69, 9.17) is 9.47 Å². The summed E-state index contributed by atoms with van der Waals surface area (Å²) in [5.41, 5.74) is 1.17. The molecule has 1 aliphatic heterocycles. The Bertz CT molecular complexity index is 700. The molecule has 2 heterocycles. The molecule has 1 fully saturated rings. The largest absolute Gasteiger partial charge is 0.491 e. The molecule has 0 radical (unpaired) electrons. The first-order chi connectivity index (χ1) is 13.1. The Morgan fingerprint density at radius 3 is 2.85 bits per heavy atom. The van der Waals surface area contributed by atoms with Crippen molar-refractivity contribution in [2.75, 3.05) is 46.5 Å². The van der Waals surface area contributed by atoms with Gasteiger partial charge >= 0.3 is 0 Å². The molecule has 148 valence electrons. The molecule has 1 saturated heterocycles. The minimum Gasteiger partial charge on any atom is -0.491 e. The van der Waals surface area contributed by atoms with Crippen LogP contribution in [0.2, 0.25) is 0 Å². The maximum absolute atomic E-state index is 10.2. The second kappa shape index (κ2) is 9.85. The number of nitrogens with zero attached hydrogens (tertiary/aromatic N) is 4. The summed E-state index contributed by atoms with van der Waals surface area (Å²) in [5, 5.41) is 10.2. The van der Waals surface area contributed by atoms with Gasteiger partial charge in [0.15, 0.2) is 0 Å². The number of aliphatic hydroxyl groups excluding tert-OH is 1. The summed E-state index contributed by atoms with van der Waals surface area (Å²) in [7, 11) is 4.08. The minimum absolute atomic E-state index is 0.296. The highest BCUT2D eigenvalue weighted by Gasteiger charge is 2.15. The fourth-order valence-electron chi connectivity index (χ4n) is 3.22. The van der Waals surface area contributed by atoms with Crippen molar-refractivity contribution < 1.29 is 14.6 Å². The molecule has 0 amide bonds. The van der Waals surface area contributed by atoms with Crippen molar-refractivity contribution in [2.24, 2.45) is 7.05 Å². The number of aliphatic hydroxyl groups is 1. The van der Waals surface area contributed by atoms with Crippen LogP contribution in [-0.4, -0.2) is 77.1 Å². The molecule has 27 heavy (non-hydrogen) atoms. The second-order valence-corrected chi connectivity index (χ2v) is 7.15. The van der Waals surface area contributed by atoms with Crippen molar-refractivity contribution in [3.8, 4) is 5.75 Å². The van der Waals surface area contributed by atoms with Crippen molar-refractivity contribution in [3.05, 3.63) is 48.0 Å². The van der Waals surface area contributed by atoms with Crippen LogP contribution in [0.5, 0.6) is 5.75 Å². The van der Waals surface area contributed by atoms with E-state index >= 15 is 0 Å². The quantitative estimate of drug-likeness (QED) is 0.710. The molecule has 1 unspecified atom stereocenters. The predicted molar refractivity (Wildman–Crippen MR) is 104 cm³/mol. The molecule has 2 aromatic rings. The van der Waals surface area contributed by atoms with E-state index in [0.29, 0.717) is 13.2 Å². The maximum Gasteiger partial charge on any atom is 0.122 e. The summed E-state index contributed by atoms with van der Waals surface area (Å²) >= 11 is 0. The first-order valence-corrected chi connectivity index (χ1v) is 9.45. The van der Waals surface area contributed by atoms with E-state index in [2.05, 4.69) is 27.9 Å². The Morgan fingerprint density at radius 2 is 2.11 bits per heavy atom. The number of benzene rings is 1. The van der Waals surface area contributed by atoms with Crippen LogP contribution in [0.25, 0.3) is 0 Å². The smallest absolute Gasteiger partial charge is 0.122 e. The molecule has 7 heteroatoms. The number of hydrogen-bond acceptors (Lipinski definition) is 6. The third-order valence-corrected chi connectivity index (χ3v) is 4.70. The molecule has 0 saturated carbocycles. The number of hydrogen-bond donors (Lipinski definition) is 1. The maximum atomic E-state index is 10.2. The summed E-state index contributed by atoms with van der Waals surface area (Å²) in [6, 6.07) is 8.06. The Kier molecular flexibility index (Phi) is 7.23. The van der Waals surface area contributed by atoms with Gasteiger partial charge in [-0.25, -0.2) is 4.98 Å². The Labute approximate surface area is 161 Å². The first kappa shape index (κ1) is 19.8. The van der Waals surface area contributed by atoms with Crippen LogP contribution in [-0.2, 0) is 24.9 Å². The van der Waals surface area contributed by atoms with Crippen LogP contribution >= 0.6 is 0 Å². The van der Waals surface area contributed by atoms with Gasteiger partial charge in [0, 0.05) is 45.6 Å². The molecule has 1 N–H and O–H groups in total. The Morgan fingerprint density at radius 1 is 1.30 bits per heavy atom. The fourth-order valence-corrected chi connectivity index (χ4v) is 3.22. The number of ether oxygens (including phenoxy) is 2. The zero-order chi connectivity index (χ0) is 19.1. The van der Waals surface area contributed by atoms with Crippen LogP contribution in [0.4, 0.5) is 0 Å². The highest BCUT2D eigenvalue weighted by Crippen LogP contribution is 2.16. The van der Waals surface area contributed by atoms with Crippen molar-refractivity contribution in [1.29, 1.82) is 0 Å². The second-order valence-electron chi connectivity index (χ2n) is 7.15. The van der Waals surface area contributed by atoms with Gasteiger partial charge in [-0.1, -0.05) is 12.1 Å². The van der Waals surface area contributed by atoms with Crippen molar-refractivity contribution in [3.63, 3.8) is 0 Å². The van der Waals surface area contributed by atoms with Gasteiger partial charge in [0.2, 0.25) is 0 Å². The van der Waals surface area contributed by atoms with E-state index in [9.17, 15) is 5.11 Å². The normalized spacial score (nSPS) is 16.6. The predicted octanol–water partition coefficient (Wildman–Crippen LogP) is 1.12. The molecular weight excluding hydrogens is 344 g/mol. The third kappa shape index (κ3) is 6.32. The van der Waals surface area contributed by atoms with Crippen molar-refractivity contribution in [2.45, 2.75) is 19.2 Å². The number of rotatable bonds is 9. The average Bonchev–Trinajstić information content (AvgIpc) is 3.06. The van der Waals surface area contributed by atoms with Crippen LogP contribution in [0, 0.1) is 0 Å². The van der Waals surface area contributed by atoms with E-state index in [1.54, 1.807) is 0 Å². The summed E-state index contributed by atoms with van der Waals surface area (Å²) in [4.78, 5) is 8.79. The molecule has 1 aromatic heterocycles. The van der Waals surface area contributed by atoms with E-state index < -0.39 is 6.10 Å². The monoisotopic (exact) mass is 374 g/mol. The summed E-state index contributed by atoms with van der Waals surface area (Å²) in [6.07, 6.45) is 3.28. The molecule has 3 rings (SSSR count). The number of aryl methyl sites for hydroxylation is 1. The van der Waals surface area contributed by atoms with Gasteiger partial charge in [0.1, 0.15) is 24.3 Å². The molecule has 1 atom stereocenters. The fraction of sp³-hybridized carbons (Fsp3) is 0.550. The lowest BCUT2D eigenvalue weighted by atomic mass is 10.2. The van der Waals surface area contributed by atoms with E-state index in [0.717, 1.165) is 51.0 Å². The molecular formula is C20H30N4O3. The lowest BCUT2D eigenvalue weighted by molar-refractivity contribution is 0.00464. The highest BCUT2D eigenvalue weighted by atomic mass is 16.5. The lowest BCUT2D eigenvalue weighted by Crippen LogP contribution is -2.42. The van der Waals surface area contributed by atoms with Crippen LogP contribution in [0.1, 0.15) is 11.4 Å². The Hall–Kier alpha value is -1.93. The van der Waals surface area contributed by atoms with Crippen LogP contribution in [0.3, 0.4) is 0 Å². The molecule has 1 aromatic carbocycles. The minimum atomic E-state index is -0.502. The third-order valence-electron chi connectivity index (χ3n) is 4.70. The Balaban J connectivity index is 1.45. The van der Waals surface area contributed by atoms with E-state index in [1.807, 2.05) is 42.2 Å². The summed E-state index contributed by atoms with van der Waals surface area (Å²) < 4.78 is 13.2. The summed E-state index contributed by atoms with van der Waals surface area (Å²) in [6.45, 7) is 5.72. The van der Waals surface area contributed by atoms with Gasteiger partial charge < -0.3 is 19.1 Å². The van der Waals surface area contributed by atoms with E-state index in [-0.39, 0.29) is 0 Å². The zero-order valence-electron chi connectivity index (χ0n) is 16.3. The SMILES string of the molecule is CN(Cc1cccc(OCC(O)CN2CCOCC2)c1)Cc1nccn1C. The number of β-amino-alcohol motifs (C(OH)–C–C–N with tert-alkyl or cyclic N) is 1. The topological polar surface area (TPSA) is 63.0 Å². The van der Waals surface area contributed by atoms with Crippen LogP contribution in [0.15, 0.2) is 36.7 Å². The van der Waals surface area contributed by atoms with Gasteiger partial charge in [-0.3, -0.25) is 9.80 Å². The highest BCUT2D eigenvalue weighted by molar-refractivity contribution is 5.28.